The molecule has 3 heterocycles. The van der Waals surface area contributed by atoms with Crippen LogP contribution in [0.25, 0.3) is 16.2 Å². The van der Waals surface area contributed by atoms with Gasteiger partial charge in [0, 0.05) is 44.4 Å². The maximum Gasteiger partial charge on any atom is 0.248 e. The first-order chi connectivity index (χ1) is 15.3. The highest BCUT2D eigenvalue weighted by molar-refractivity contribution is 7.20. The quantitative estimate of drug-likeness (QED) is 0.612. The topological polar surface area (TPSA) is 75.0 Å². The van der Waals surface area contributed by atoms with Crippen LogP contribution in [0.3, 0.4) is 0 Å². The molecule has 8 nitrogen and oxygen atoms in total. The lowest BCUT2D eigenvalue weighted by Crippen LogP contribution is -2.49. The number of hydrogen-bond acceptors (Lipinski definition) is 7. The third-order valence-corrected chi connectivity index (χ3v) is 6.46. The number of carbonyl (C=O) groups excluding carboxylic acids is 1. The Balaban J connectivity index is 1.62. The molecule has 0 spiro atoms. The van der Waals surface area contributed by atoms with E-state index in [9.17, 15) is 4.79 Å². The minimum atomic E-state index is -0.134. The highest BCUT2D eigenvalue weighted by Crippen LogP contribution is 2.35. The Hall–Kier alpha value is -2.65. The minimum absolute atomic E-state index is 0.0384. The predicted octanol–water partition coefficient (Wildman–Crippen LogP) is 3.53. The van der Waals surface area contributed by atoms with Gasteiger partial charge in [-0.3, -0.25) is 4.79 Å². The second-order valence-corrected chi connectivity index (χ2v) is 10.0. The van der Waals surface area contributed by atoms with Crippen LogP contribution < -0.4 is 10.2 Å². The van der Waals surface area contributed by atoms with Crippen LogP contribution in [0.2, 0.25) is 0 Å². The van der Waals surface area contributed by atoms with Gasteiger partial charge in [0.15, 0.2) is 5.82 Å². The summed E-state index contributed by atoms with van der Waals surface area (Å²) in [5.74, 6) is 0.949. The molecule has 4 rings (SSSR count). The van der Waals surface area contributed by atoms with Crippen LogP contribution in [-0.4, -0.2) is 70.8 Å². The average Bonchev–Trinajstić information content (AvgIpc) is 3.32. The third kappa shape index (κ3) is 4.73. The van der Waals surface area contributed by atoms with Crippen molar-refractivity contribution in [1.82, 2.24) is 19.5 Å². The molecule has 1 aromatic carbocycles. The standard InChI is InChI=1S/C23H32N6O2S/c1-6-16-7-9-17(10-8-16)19-20(25-23(2,3)4)29-21(24-19)32-22(26-29)28-13-11-27(12-14-28)18(30)15-31-5/h7-10,25H,6,11-15H2,1-5H3. The molecule has 1 fully saturated rings. The summed E-state index contributed by atoms with van der Waals surface area (Å²) in [6, 6.07) is 8.59. The van der Waals surface area contributed by atoms with Gasteiger partial charge in [0.2, 0.25) is 16.0 Å². The van der Waals surface area contributed by atoms with Crippen LogP contribution in [0.4, 0.5) is 10.9 Å². The maximum absolute atomic E-state index is 12.1. The number of rotatable bonds is 6. The van der Waals surface area contributed by atoms with Gasteiger partial charge in [-0.2, -0.15) is 4.52 Å². The van der Waals surface area contributed by atoms with Gasteiger partial charge in [-0.1, -0.05) is 42.5 Å². The van der Waals surface area contributed by atoms with Crippen molar-refractivity contribution in [3.63, 3.8) is 0 Å². The summed E-state index contributed by atoms with van der Waals surface area (Å²) in [7, 11) is 1.55. The van der Waals surface area contributed by atoms with E-state index in [2.05, 4.69) is 62.2 Å². The summed E-state index contributed by atoms with van der Waals surface area (Å²) in [6.45, 7) is 11.6. The van der Waals surface area contributed by atoms with E-state index in [4.69, 9.17) is 14.8 Å². The Labute approximate surface area is 193 Å². The molecule has 1 aliphatic rings. The monoisotopic (exact) mass is 456 g/mol. The van der Waals surface area contributed by atoms with E-state index in [1.165, 1.54) is 5.56 Å². The van der Waals surface area contributed by atoms with Gasteiger partial charge < -0.3 is 19.9 Å². The summed E-state index contributed by atoms with van der Waals surface area (Å²) in [4.78, 5) is 22.0. The average molecular weight is 457 g/mol. The number of anilines is 2. The zero-order valence-electron chi connectivity index (χ0n) is 19.5. The number of ether oxygens (including phenoxy) is 1. The normalized spacial score (nSPS) is 14.9. The van der Waals surface area contributed by atoms with Gasteiger partial charge in [0.1, 0.15) is 12.3 Å². The van der Waals surface area contributed by atoms with E-state index in [1.54, 1.807) is 18.4 Å². The van der Waals surface area contributed by atoms with Crippen molar-refractivity contribution in [3.05, 3.63) is 29.8 Å². The number of imidazole rings is 1. The van der Waals surface area contributed by atoms with E-state index >= 15 is 0 Å². The fourth-order valence-corrected chi connectivity index (χ4v) is 4.75. The Morgan fingerprint density at radius 1 is 1.16 bits per heavy atom. The number of carbonyl (C=O) groups is 1. The Kier molecular flexibility index (Phi) is 6.39. The third-order valence-electron chi connectivity index (χ3n) is 5.49. The summed E-state index contributed by atoms with van der Waals surface area (Å²) < 4.78 is 6.90. The van der Waals surface area contributed by atoms with Crippen molar-refractivity contribution < 1.29 is 9.53 Å². The summed E-state index contributed by atoms with van der Waals surface area (Å²) >= 11 is 1.59. The molecule has 0 saturated carbocycles. The van der Waals surface area contributed by atoms with Gasteiger partial charge in [-0.25, -0.2) is 4.98 Å². The molecule has 0 unspecified atom stereocenters. The number of nitrogens with zero attached hydrogens (tertiary/aromatic N) is 5. The minimum Gasteiger partial charge on any atom is -0.375 e. The number of piperazine rings is 1. The summed E-state index contributed by atoms with van der Waals surface area (Å²) in [5, 5.41) is 9.45. The largest absolute Gasteiger partial charge is 0.375 e. The van der Waals surface area contributed by atoms with Crippen molar-refractivity contribution in [3.8, 4) is 11.3 Å². The molecule has 1 amide bonds. The number of aromatic nitrogens is 3. The smallest absolute Gasteiger partial charge is 0.248 e. The fraction of sp³-hybridized carbons (Fsp3) is 0.522. The zero-order valence-corrected chi connectivity index (χ0v) is 20.3. The number of methoxy groups -OCH3 is 1. The first-order valence-electron chi connectivity index (χ1n) is 11.1. The number of aryl methyl sites for hydroxylation is 1. The summed E-state index contributed by atoms with van der Waals surface area (Å²) in [6.07, 6.45) is 1.01. The van der Waals surface area contributed by atoms with E-state index in [0.29, 0.717) is 13.1 Å². The van der Waals surface area contributed by atoms with Crippen molar-refractivity contribution in [2.24, 2.45) is 0 Å². The molecule has 0 radical (unpaired) electrons. The van der Waals surface area contributed by atoms with Crippen LogP contribution in [0.5, 0.6) is 0 Å². The van der Waals surface area contributed by atoms with Crippen molar-refractivity contribution in [2.45, 2.75) is 39.7 Å². The van der Waals surface area contributed by atoms with Crippen molar-refractivity contribution in [1.29, 1.82) is 0 Å². The number of fused-ring (bicyclic) bond motifs is 1. The molecule has 3 aromatic rings. The summed E-state index contributed by atoms with van der Waals surface area (Å²) in [5.41, 5.74) is 3.18. The molecule has 172 valence electrons. The van der Waals surface area contributed by atoms with Gasteiger partial charge in [-0.05, 0) is 32.8 Å². The van der Waals surface area contributed by atoms with Crippen LogP contribution in [-0.2, 0) is 16.0 Å². The maximum atomic E-state index is 12.1. The van der Waals surface area contributed by atoms with Gasteiger partial charge in [0.25, 0.3) is 0 Å². The van der Waals surface area contributed by atoms with Gasteiger partial charge in [-0.15, -0.1) is 5.10 Å². The van der Waals surface area contributed by atoms with E-state index < -0.39 is 0 Å². The predicted molar refractivity (Wildman–Crippen MR) is 130 cm³/mol. The lowest BCUT2D eigenvalue weighted by Gasteiger charge is -2.34. The molecule has 0 bridgehead atoms. The highest BCUT2D eigenvalue weighted by atomic mass is 32.1. The lowest BCUT2D eigenvalue weighted by molar-refractivity contribution is -0.135. The number of nitrogens with one attached hydrogen (secondary N) is 1. The molecule has 0 atom stereocenters. The molecule has 1 aliphatic heterocycles. The molecular formula is C23H32N6O2S. The highest BCUT2D eigenvalue weighted by Gasteiger charge is 2.26. The number of hydrogen-bond donors (Lipinski definition) is 1. The Morgan fingerprint density at radius 2 is 1.84 bits per heavy atom. The molecule has 1 saturated heterocycles. The van der Waals surface area contributed by atoms with E-state index in [-0.39, 0.29) is 18.1 Å². The first kappa shape index (κ1) is 22.5. The van der Waals surface area contributed by atoms with E-state index in [0.717, 1.165) is 46.7 Å². The Morgan fingerprint density at radius 3 is 2.44 bits per heavy atom. The zero-order chi connectivity index (χ0) is 22.9. The SMILES string of the molecule is CCc1ccc(-c2nc3sc(N4CCN(C(=O)COC)CC4)nn3c2NC(C)(C)C)cc1. The van der Waals surface area contributed by atoms with Crippen LogP contribution in [0, 0.1) is 0 Å². The van der Waals surface area contributed by atoms with E-state index in [1.807, 2.05) is 9.42 Å². The first-order valence-corrected chi connectivity index (χ1v) is 11.9. The van der Waals surface area contributed by atoms with Gasteiger partial charge >= 0.3 is 0 Å². The van der Waals surface area contributed by atoms with Crippen LogP contribution in [0.15, 0.2) is 24.3 Å². The number of benzene rings is 1. The Bertz CT molecular complexity index is 1070. The molecule has 0 aliphatic carbocycles. The second kappa shape index (κ2) is 9.07. The molecular weight excluding hydrogens is 424 g/mol. The molecule has 1 N–H and O–H groups in total. The molecule has 32 heavy (non-hydrogen) atoms. The van der Waals surface area contributed by atoms with Crippen molar-refractivity contribution in [2.75, 3.05) is 50.1 Å². The number of amides is 1. The van der Waals surface area contributed by atoms with Crippen LogP contribution in [0.1, 0.15) is 33.3 Å². The fourth-order valence-electron chi connectivity index (χ4n) is 3.79. The second-order valence-electron chi connectivity index (χ2n) is 9.11. The molecule has 2 aromatic heterocycles. The van der Waals surface area contributed by atoms with Crippen molar-refractivity contribution >= 4 is 33.2 Å². The molecule has 9 heteroatoms. The van der Waals surface area contributed by atoms with Gasteiger partial charge in [0.05, 0.1) is 0 Å². The lowest BCUT2D eigenvalue weighted by atomic mass is 10.1. The van der Waals surface area contributed by atoms with Crippen LogP contribution >= 0.6 is 11.3 Å².